The summed E-state index contributed by atoms with van der Waals surface area (Å²) in [6, 6.07) is 4.24. The standard InChI is InChI=1S/C15H22N4S/c1-5-6-14-18-13(16)8-15(19-14)17-10(3)12-7-9(2)20-11(12)4/h7-8,10H,5-6H2,1-4H3,(H3,16,17,18,19). The van der Waals surface area contributed by atoms with E-state index in [4.69, 9.17) is 5.73 Å². The SMILES string of the molecule is CCCc1nc(N)cc(NC(C)c2cc(C)sc2C)n1. The molecular formula is C15H22N4S. The van der Waals surface area contributed by atoms with E-state index in [1.165, 1.54) is 15.3 Å². The lowest BCUT2D eigenvalue weighted by molar-refractivity contribution is 0.821. The highest BCUT2D eigenvalue weighted by molar-refractivity contribution is 7.12. The fourth-order valence-corrected chi connectivity index (χ4v) is 3.33. The van der Waals surface area contributed by atoms with E-state index in [0.717, 1.165) is 24.5 Å². The Morgan fingerprint density at radius 3 is 2.65 bits per heavy atom. The first-order valence-electron chi connectivity index (χ1n) is 6.96. The van der Waals surface area contributed by atoms with Crippen molar-refractivity contribution in [3.05, 3.63) is 33.3 Å². The molecule has 0 amide bonds. The summed E-state index contributed by atoms with van der Waals surface area (Å²) in [6.07, 6.45) is 1.87. The third kappa shape index (κ3) is 3.48. The summed E-state index contributed by atoms with van der Waals surface area (Å²) in [5.74, 6) is 2.13. The number of rotatable bonds is 5. The molecule has 3 N–H and O–H groups in total. The molecule has 0 radical (unpaired) electrons. The molecule has 5 heteroatoms. The molecule has 0 aliphatic heterocycles. The van der Waals surface area contributed by atoms with Gasteiger partial charge in [0, 0.05) is 22.2 Å². The van der Waals surface area contributed by atoms with E-state index in [2.05, 4.69) is 49.0 Å². The van der Waals surface area contributed by atoms with Crippen LogP contribution in [0.25, 0.3) is 0 Å². The van der Waals surface area contributed by atoms with Crippen LogP contribution >= 0.6 is 11.3 Å². The van der Waals surface area contributed by atoms with Gasteiger partial charge in [-0.3, -0.25) is 0 Å². The number of aromatic nitrogens is 2. The molecule has 0 aliphatic rings. The molecule has 0 aromatic carbocycles. The van der Waals surface area contributed by atoms with Gasteiger partial charge in [0.25, 0.3) is 0 Å². The summed E-state index contributed by atoms with van der Waals surface area (Å²) in [6.45, 7) is 8.55. The highest BCUT2D eigenvalue weighted by Crippen LogP contribution is 2.28. The van der Waals surface area contributed by atoms with Crippen LogP contribution < -0.4 is 11.1 Å². The van der Waals surface area contributed by atoms with Crippen LogP contribution in [0.2, 0.25) is 0 Å². The topological polar surface area (TPSA) is 63.8 Å². The van der Waals surface area contributed by atoms with Crippen molar-refractivity contribution in [2.45, 2.75) is 46.6 Å². The zero-order valence-electron chi connectivity index (χ0n) is 12.5. The highest BCUT2D eigenvalue weighted by Gasteiger charge is 2.12. The molecule has 108 valence electrons. The molecule has 2 heterocycles. The second-order valence-corrected chi connectivity index (χ2v) is 6.54. The van der Waals surface area contributed by atoms with Gasteiger partial charge in [-0.15, -0.1) is 11.3 Å². The number of nitrogen functional groups attached to an aromatic ring is 1. The third-order valence-electron chi connectivity index (χ3n) is 3.18. The minimum atomic E-state index is 0.212. The number of hydrogen-bond acceptors (Lipinski definition) is 5. The first-order chi connectivity index (χ1) is 9.49. The van der Waals surface area contributed by atoms with Gasteiger partial charge in [0.05, 0.1) is 6.04 Å². The summed E-state index contributed by atoms with van der Waals surface area (Å²) in [7, 11) is 0. The highest BCUT2D eigenvalue weighted by atomic mass is 32.1. The van der Waals surface area contributed by atoms with Crippen molar-refractivity contribution in [3.8, 4) is 0 Å². The molecule has 20 heavy (non-hydrogen) atoms. The van der Waals surface area contributed by atoms with Crippen molar-refractivity contribution in [2.75, 3.05) is 11.1 Å². The molecule has 1 atom stereocenters. The first-order valence-corrected chi connectivity index (χ1v) is 7.78. The van der Waals surface area contributed by atoms with Crippen LogP contribution in [0.4, 0.5) is 11.6 Å². The van der Waals surface area contributed by atoms with E-state index in [1.807, 2.05) is 11.3 Å². The van der Waals surface area contributed by atoms with Crippen molar-refractivity contribution in [1.82, 2.24) is 9.97 Å². The molecule has 0 saturated heterocycles. The Morgan fingerprint density at radius 2 is 2.05 bits per heavy atom. The molecule has 0 aliphatic carbocycles. The molecule has 0 saturated carbocycles. The van der Waals surface area contributed by atoms with Crippen molar-refractivity contribution in [2.24, 2.45) is 0 Å². The van der Waals surface area contributed by atoms with Crippen molar-refractivity contribution >= 4 is 23.0 Å². The fraction of sp³-hybridized carbons (Fsp3) is 0.467. The maximum Gasteiger partial charge on any atom is 0.133 e. The van der Waals surface area contributed by atoms with Gasteiger partial charge in [-0.25, -0.2) is 9.97 Å². The third-order valence-corrected chi connectivity index (χ3v) is 4.16. The van der Waals surface area contributed by atoms with Crippen LogP contribution in [0, 0.1) is 13.8 Å². The quantitative estimate of drug-likeness (QED) is 0.877. The largest absolute Gasteiger partial charge is 0.384 e. The van der Waals surface area contributed by atoms with E-state index < -0.39 is 0 Å². The first kappa shape index (κ1) is 14.8. The average molecular weight is 290 g/mol. The van der Waals surface area contributed by atoms with Crippen LogP contribution in [-0.4, -0.2) is 9.97 Å². The van der Waals surface area contributed by atoms with Crippen molar-refractivity contribution in [1.29, 1.82) is 0 Å². The molecule has 4 nitrogen and oxygen atoms in total. The van der Waals surface area contributed by atoms with Gasteiger partial charge in [0.15, 0.2) is 0 Å². The Labute approximate surface area is 124 Å². The number of nitrogens with two attached hydrogens (primary N) is 1. The van der Waals surface area contributed by atoms with Crippen molar-refractivity contribution < 1.29 is 0 Å². The minimum Gasteiger partial charge on any atom is -0.384 e. The lowest BCUT2D eigenvalue weighted by Gasteiger charge is -2.15. The maximum absolute atomic E-state index is 5.85. The predicted molar refractivity (Wildman–Crippen MR) is 86.3 cm³/mol. The summed E-state index contributed by atoms with van der Waals surface area (Å²) in [5, 5.41) is 3.43. The monoisotopic (exact) mass is 290 g/mol. The van der Waals surface area contributed by atoms with Gasteiger partial charge in [0.1, 0.15) is 17.5 Å². The fourth-order valence-electron chi connectivity index (χ4n) is 2.31. The number of nitrogens with zero attached hydrogens (tertiary/aromatic N) is 2. The Morgan fingerprint density at radius 1 is 1.30 bits per heavy atom. The Balaban J connectivity index is 2.18. The van der Waals surface area contributed by atoms with Gasteiger partial charge < -0.3 is 11.1 Å². The summed E-state index contributed by atoms with van der Waals surface area (Å²) >= 11 is 1.83. The summed E-state index contributed by atoms with van der Waals surface area (Å²) in [4.78, 5) is 11.5. The predicted octanol–water partition coefficient (Wildman–Crippen LogP) is 3.86. The molecular weight excluding hydrogens is 268 g/mol. The second-order valence-electron chi connectivity index (χ2n) is 5.08. The maximum atomic E-state index is 5.85. The average Bonchev–Trinajstić information content (AvgIpc) is 2.68. The molecule has 2 aromatic heterocycles. The normalized spacial score (nSPS) is 12.4. The van der Waals surface area contributed by atoms with Crippen LogP contribution in [0.15, 0.2) is 12.1 Å². The lowest BCUT2D eigenvalue weighted by atomic mass is 10.1. The van der Waals surface area contributed by atoms with Crippen LogP contribution in [0.5, 0.6) is 0 Å². The number of anilines is 2. The van der Waals surface area contributed by atoms with E-state index in [-0.39, 0.29) is 6.04 Å². The van der Waals surface area contributed by atoms with E-state index in [9.17, 15) is 0 Å². The van der Waals surface area contributed by atoms with Crippen LogP contribution in [0.3, 0.4) is 0 Å². The van der Waals surface area contributed by atoms with Gasteiger partial charge in [0.2, 0.25) is 0 Å². The number of nitrogens with one attached hydrogen (secondary N) is 1. The zero-order valence-corrected chi connectivity index (χ0v) is 13.3. The Kier molecular flexibility index (Phi) is 4.60. The number of hydrogen-bond donors (Lipinski definition) is 2. The van der Waals surface area contributed by atoms with Gasteiger partial charge >= 0.3 is 0 Å². The van der Waals surface area contributed by atoms with Crippen molar-refractivity contribution in [3.63, 3.8) is 0 Å². The molecule has 0 fully saturated rings. The van der Waals surface area contributed by atoms with E-state index >= 15 is 0 Å². The second kappa shape index (κ2) is 6.22. The van der Waals surface area contributed by atoms with E-state index in [0.29, 0.717) is 5.82 Å². The Bertz CT molecular complexity index is 592. The summed E-state index contributed by atoms with van der Waals surface area (Å²) < 4.78 is 0. The number of thiophene rings is 1. The number of aryl methyl sites for hydroxylation is 3. The van der Waals surface area contributed by atoms with E-state index in [1.54, 1.807) is 6.07 Å². The van der Waals surface area contributed by atoms with Gasteiger partial charge in [-0.05, 0) is 38.8 Å². The molecule has 2 aromatic rings. The lowest BCUT2D eigenvalue weighted by Crippen LogP contribution is -2.10. The molecule has 0 bridgehead atoms. The Hall–Kier alpha value is -1.62. The van der Waals surface area contributed by atoms with Gasteiger partial charge in [-0.2, -0.15) is 0 Å². The van der Waals surface area contributed by atoms with Crippen LogP contribution in [0.1, 0.15) is 47.5 Å². The minimum absolute atomic E-state index is 0.212. The van der Waals surface area contributed by atoms with Gasteiger partial charge in [-0.1, -0.05) is 6.92 Å². The zero-order chi connectivity index (χ0) is 14.7. The van der Waals surface area contributed by atoms with Crippen LogP contribution in [-0.2, 0) is 6.42 Å². The smallest absolute Gasteiger partial charge is 0.133 e. The molecule has 0 spiro atoms. The summed E-state index contributed by atoms with van der Waals surface area (Å²) in [5.41, 5.74) is 7.17. The molecule has 2 rings (SSSR count). The molecule has 1 unspecified atom stereocenters.